The van der Waals surface area contributed by atoms with Crippen LogP contribution in [-0.4, -0.2) is 39.6 Å². The highest BCUT2D eigenvalue weighted by atomic mass is 32.2. The van der Waals surface area contributed by atoms with Gasteiger partial charge in [0.15, 0.2) is 4.90 Å². The van der Waals surface area contributed by atoms with E-state index in [1.54, 1.807) is 13.0 Å². The van der Waals surface area contributed by atoms with Crippen LogP contribution in [0.5, 0.6) is 5.75 Å². The molecule has 1 aliphatic rings. The molecular formula is C19H23N2O6S+. The van der Waals surface area contributed by atoms with Gasteiger partial charge < -0.3 is 13.8 Å². The number of nitro groups is 1. The van der Waals surface area contributed by atoms with E-state index in [9.17, 15) is 18.5 Å². The van der Waals surface area contributed by atoms with Gasteiger partial charge in [-0.15, -0.1) is 0 Å². The van der Waals surface area contributed by atoms with Crippen LogP contribution in [0.1, 0.15) is 16.7 Å². The van der Waals surface area contributed by atoms with Gasteiger partial charge in [-0.25, -0.2) is 0 Å². The molecule has 3 rings (SSSR count). The topological polar surface area (TPSA) is 100 Å². The minimum absolute atomic E-state index is 0.177. The Labute approximate surface area is 164 Å². The Morgan fingerprint density at radius 2 is 1.82 bits per heavy atom. The Hall–Kier alpha value is -2.49. The molecule has 0 aliphatic carbocycles. The minimum Gasteiger partial charge on any atom is -0.378 e. The number of quaternary nitrogens is 1. The van der Waals surface area contributed by atoms with Crippen LogP contribution < -0.4 is 9.08 Å². The average Bonchev–Trinajstić information content (AvgIpc) is 2.66. The third kappa shape index (κ3) is 4.49. The number of rotatable bonds is 6. The van der Waals surface area contributed by atoms with Crippen LogP contribution in [0.3, 0.4) is 0 Å². The molecule has 2 aromatic rings. The van der Waals surface area contributed by atoms with E-state index in [0.29, 0.717) is 5.56 Å². The first-order valence-electron chi connectivity index (χ1n) is 8.97. The van der Waals surface area contributed by atoms with E-state index in [1.165, 1.54) is 23.1 Å². The van der Waals surface area contributed by atoms with Gasteiger partial charge in [-0.05, 0) is 43.2 Å². The molecule has 8 nitrogen and oxygen atoms in total. The van der Waals surface area contributed by atoms with Crippen molar-refractivity contribution in [3.8, 4) is 5.75 Å². The van der Waals surface area contributed by atoms with E-state index in [0.717, 1.165) is 50.0 Å². The quantitative estimate of drug-likeness (QED) is 0.441. The summed E-state index contributed by atoms with van der Waals surface area (Å²) in [6.45, 7) is 7.84. The van der Waals surface area contributed by atoms with Crippen LogP contribution >= 0.6 is 0 Å². The highest BCUT2D eigenvalue weighted by Gasteiger charge is 2.28. The Bertz CT molecular complexity index is 984. The summed E-state index contributed by atoms with van der Waals surface area (Å²) in [6, 6.07) is 8.75. The van der Waals surface area contributed by atoms with E-state index < -0.39 is 25.6 Å². The molecule has 1 N–H and O–H groups in total. The number of nitrogens with one attached hydrogen (secondary N) is 1. The van der Waals surface area contributed by atoms with Crippen molar-refractivity contribution >= 4 is 15.8 Å². The van der Waals surface area contributed by atoms with E-state index >= 15 is 0 Å². The Balaban J connectivity index is 1.86. The summed E-state index contributed by atoms with van der Waals surface area (Å²) in [5, 5.41) is 11.2. The number of hydrogen-bond acceptors (Lipinski definition) is 6. The number of nitro benzene ring substituents is 1. The van der Waals surface area contributed by atoms with Crippen molar-refractivity contribution in [3.63, 3.8) is 0 Å². The Kier molecular flexibility index (Phi) is 5.97. The Morgan fingerprint density at radius 3 is 2.50 bits per heavy atom. The SMILES string of the molecule is Cc1cc(OS(=O)(=O)c2ccccc2[N+](=O)[O-])c(C)cc1C[NH+]1CCOCC1. The second kappa shape index (κ2) is 8.26. The Morgan fingerprint density at radius 1 is 1.14 bits per heavy atom. The number of ether oxygens (including phenoxy) is 1. The van der Waals surface area contributed by atoms with Crippen molar-refractivity contribution in [2.45, 2.75) is 25.3 Å². The number of nitrogens with zero attached hydrogens (tertiary/aromatic N) is 1. The van der Waals surface area contributed by atoms with E-state index in [2.05, 4.69) is 0 Å². The third-order valence-electron chi connectivity index (χ3n) is 4.80. The van der Waals surface area contributed by atoms with Crippen LogP contribution in [0, 0.1) is 24.0 Å². The molecule has 1 saturated heterocycles. The molecule has 0 spiro atoms. The molecule has 0 radical (unpaired) electrons. The smallest absolute Gasteiger partial charge is 0.346 e. The fourth-order valence-electron chi connectivity index (χ4n) is 3.22. The van der Waals surface area contributed by atoms with Gasteiger partial charge in [0.25, 0.3) is 5.69 Å². The lowest BCUT2D eigenvalue weighted by Crippen LogP contribution is -3.12. The molecule has 28 heavy (non-hydrogen) atoms. The first kappa shape index (κ1) is 20.2. The second-order valence-corrected chi connectivity index (χ2v) is 8.36. The number of hydrogen-bond donors (Lipinski definition) is 1. The predicted octanol–water partition coefficient (Wildman–Crippen LogP) is 1.39. The molecule has 150 valence electrons. The fraction of sp³-hybridized carbons (Fsp3) is 0.368. The standard InChI is InChI=1S/C19H22N2O6S/c1-14-12-18(15(2)11-16(14)13-20-7-9-26-10-8-20)27-28(24,25)19-6-4-3-5-17(19)21(22)23/h3-6,11-12H,7-10,13H2,1-2H3/p+1. The zero-order valence-electron chi connectivity index (χ0n) is 15.8. The molecule has 1 fully saturated rings. The maximum Gasteiger partial charge on any atom is 0.346 e. The molecule has 9 heteroatoms. The fourth-order valence-corrected chi connectivity index (χ4v) is 4.37. The highest BCUT2D eigenvalue weighted by Crippen LogP contribution is 2.29. The van der Waals surface area contributed by atoms with Gasteiger partial charge in [-0.2, -0.15) is 8.42 Å². The summed E-state index contributed by atoms with van der Waals surface area (Å²) in [5.41, 5.74) is 2.18. The van der Waals surface area contributed by atoms with Crippen molar-refractivity contribution in [1.29, 1.82) is 0 Å². The van der Waals surface area contributed by atoms with Gasteiger partial charge in [-0.1, -0.05) is 12.1 Å². The highest BCUT2D eigenvalue weighted by molar-refractivity contribution is 7.87. The lowest BCUT2D eigenvalue weighted by molar-refractivity contribution is -0.921. The molecule has 0 saturated carbocycles. The van der Waals surface area contributed by atoms with Gasteiger partial charge in [-0.3, -0.25) is 10.1 Å². The molecule has 0 bridgehead atoms. The lowest BCUT2D eigenvalue weighted by Gasteiger charge is -2.24. The first-order valence-corrected chi connectivity index (χ1v) is 10.4. The van der Waals surface area contributed by atoms with Crippen LogP contribution in [0.4, 0.5) is 5.69 Å². The first-order chi connectivity index (χ1) is 13.3. The molecule has 1 aliphatic heterocycles. The van der Waals surface area contributed by atoms with Crippen LogP contribution in [0.25, 0.3) is 0 Å². The van der Waals surface area contributed by atoms with Gasteiger partial charge in [0.2, 0.25) is 0 Å². The van der Waals surface area contributed by atoms with Crippen LogP contribution in [0.15, 0.2) is 41.3 Å². The predicted molar refractivity (Wildman–Crippen MR) is 102 cm³/mol. The maximum absolute atomic E-state index is 12.6. The molecule has 0 atom stereocenters. The van der Waals surface area contributed by atoms with E-state index in [-0.39, 0.29) is 5.75 Å². The van der Waals surface area contributed by atoms with E-state index in [1.807, 2.05) is 13.0 Å². The largest absolute Gasteiger partial charge is 0.378 e. The van der Waals surface area contributed by atoms with Crippen molar-refractivity contribution in [2.24, 2.45) is 0 Å². The lowest BCUT2D eigenvalue weighted by atomic mass is 10.0. The zero-order chi connectivity index (χ0) is 20.3. The van der Waals surface area contributed by atoms with Crippen molar-refractivity contribution in [3.05, 3.63) is 63.2 Å². The minimum atomic E-state index is -4.33. The average molecular weight is 407 g/mol. The summed E-state index contributed by atoms with van der Waals surface area (Å²) in [7, 11) is -4.33. The monoisotopic (exact) mass is 407 g/mol. The molecular weight excluding hydrogens is 384 g/mol. The number of benzene rings is 2. The summed E-state index contributed by atoms with van der Waals surface area (Å²) in [4.78, 5) is 11.4. The van der Waals surface area contributed by atoms with Crippen molar-refractivity contribution in [2.75, 3.05) is 26.3 Å². The summed E-state index contributed by atoms with van der Waals surface area (Å²) < 4.78 is 35.9. The normalized spacial score (nSPS) is 15.4. The van der Waals surface area contributed by atoms with Crippen molar-refractivity contribution in [1.82, 2.24) is 0 Å². The number of morpholine rings is 1. The molecule has 0 amide bonds. The second-order valence-electron chi connectivity index (χ2n) is 6.85. The van der Waals surface area contributed by atoms with Crippen molar-refractivity contribution < 1.29 is 27.2 Å². The summed E-state index contributed by atoms with van der Waals surface area (Å²) >= 11 is 0. The van der Waals surface area contributed by atoms with Gasteiger partial charge in [0.1, 0.15) is 25.4 Å². The maximum atomic E-state index is 12.6. The van der Waals surface area contributed by atoms with Crippen LogP contribution in [0.2, 0.25) is 0 Å². The van der Waals surface area contributed by atoms with E-state index in [4.69, 9.17) is 8.92 Å². The van der Waals surface area contributed by atoms with Gasteiger partial charge in [0.05, 0.1) is 18.1 Å². The number of aryl methyl sites for hydroxylation is 2. The molecule has 2 aromatic carbocycles. The van der Waals surface area contributed by atoms with Gasteiger partial charge in [0, 0.05) is 11.6 Å². The number of para-hydroxylation sites is 1. The molecule has 0 aromatic heterocycles. The molecule has 0 unspecified atom stereocenters. The molecule has 1 heterocycles. The third-order valence-corrected chi connectivity index (χ3v) is 6.09. The summed E-state index contributed by atoms with van der Waals surface area (Å²) in [6.07, 6.45) is 0. The van der Waals surface area contributed by atoms with Gasteiger partial charge >= 0.3 is 10.1 Å². The summed E-state index contributed by atoms with van der Waals surface area (Å²) in [5.74, 6) is 0.177. The van der Waals surface area contributed by atoms with Crippen LogP contribution in [-0.2, 0) is 21.4 Å². The zero-order valence-corrected chi connectivity index (χ0v) is 16.6.